The van der Waals surface area contributed by atoms with Gasteiger partial charge in [-0.1, -0.05) is 13.0 Å². The van der Waals surface area contributed by atoms with Crippen LogP contribution in [0.15, 0.2) is 23.1 Å². The van der Waals surface area contributed by atoms with Gasteiger partial charge in [0.2, 0.25) is 0 Å². The van der Waals surface area contributed by atoms with E-state index in [2.05, 4.69) is 10.1 Å². The number of esters is 1. The van der Waals surface area contributed by atoms with E-state index in [9.17, 15) is 18.0 Å². The van der Waals surface area contributed by atoms with Crippen molar-refractivity contribution in [2.75, 3.05) is 19.4 Å². The van der Waals surface area contributed by atoms with Gasteiger partial charge in [-0.25, -0.2) is 0 Å². The molecule has 0 fully saturated rings. The Hall–Kier alpha value is -1.21. The topological polar surface area (TPSA) is 38.3 Å². The average molecular weight is 321 g/mol. The Morgan fingerprint density at radius 1 is 1.38 bits per heavy atom. The first kappa shape index (κ1) is 17.8. The van der Waals surface area contributed by atoms with Crippen molar-refractivity contribution in [3.63, 3.8) is 0 Å². The van der Waals surface area contributed by atoms with Crippen LogP contribution in [0.2, 0.25) is 0 Å². The minimum atomic E-state index is -4.41. The maximum atomic E-state index is 13.1. The van der Waals surface area contributed by atoms with Crippen LogP contribution in [-0.2, 0) is 22.3 Å². The summed E-state index contributed by atoms with van der Waals surface area (Å²) in [6, 6.07) is 4.12. The fraction of sp³-hybridized carbons (Fsp3) is 0.500. The molecule has 0 spiro atoms. The summed E-state index contributed by atoms with van der Waals surface area (Å²) in [4.78, 5) is 11.4. The Labute approximate surface area is 126 Å². The number of carbonyl (C=O) groups excluding carboxylic acids is 1. The Balaban J connectivity index is 2.88. The molecule has 1 aromatic rings. The van der Waals surface area contributed by atoms with E-state index in [1.54, 1.807) is 6.07 Å². The molecule has 0 aliphatic rings. The molecule has 0 aliphatic heterocycles. The van der Waals surface area contributed by atoms with Crippen molar-refractivity contribution in [2.45, 2.75) is 31.0 Å². The second kappa shape index (κ2) is 8.29. The lowest BCUT2D eigenvalue weighted by atomic mass is 10.1. The number of benzene rings is 1. The number of nitrogens with one attached hydrogen (secondary N) is 1. The van der Waals surface area contributed by atoms with Crippen molar-refractivity contribution in [3.8, 4) is 0 Å². The van der Waals surface area contributed by atoms with Crippen LogP contribution in [0, 0.1) is 0 Å². The van der Waals surface area contributed by atoms with E-state index in [4.69, 9.17) is 0 Å². The highest BCUT2D eigenvalue weighted by atomic mass is 32.2. The highest BCUT2D eigenvalue weighted by Gasteiger charge is 2.33. The van der Waals surface area contributed by atoms with Gasteiger partial charge in [0.05, 0.1) is 18.4 Å². The van der Waals surface area contributed by atoms with Crippen LogP contribution in [-0.4, -0.2) is 25.4 Å². The Morgan fingerprint density at radius 3 is 2.67 bits per heavy atom. The zero-order chi connectivity index (χ0) is 15.9. The minimum Gasteiger partial charge on any atom is -0.468 e. The van der Waals surface area contributed by atoms with Crippen LogP contribution in [0.4, 0.5) is 13.2 Å². The summed E-state index contributed by atoms with van der Waals surface area (Å²) in [6.45, 7) is 2.78. The second-order valence-corrected chi connectivity index (χ2v) is 5.41. The van der Waals surface area contributed by atoms with E-state index in [1.165, 1.54) is 13.2 Å². The summed E-state index contributed by atoms with van der Waals surface area (Å²) >= 11 is 1.03. The van der Waals surface area contributed by atoms with Crippen molar-refractivity contribution in [1.82, 2.24) is 5.32 Å². The largest absolute Gasteiger partial charge is 0.468 e. The van der Waals surface area contributed by atoms with Gasteiger partial charge in [-0.05, 0) is 30.7 Å². The number of halogens is 3. The highest BCUT2D eigenvalue weighted by molar-refractivity contribution is 8.00. The van der Waals surface area contributed by atoms with Gasteiger partial charge < -0.3 is 10.1 Å². The van der Waals surface area contributed by atoms with E-state index in [0.29, 0.717) is 11.4 Å². The van der Waals surface area contributed by atoms with E-state index in [1.807, 2.05) is 6.92 Å². The standard InChI is InChI=1S/C14H18F3NO2S/c1-3-6-18-8-10-4-5-11(21-9-13(19)20-2)7-12(10)14(15,16)17/h4-5,7,18H,3,6,8-9H2,1-2H3. The molecule has 0 aliphatic carbocycles. The number of ether oxygens (including phenoxy) is 1. The summed E-state index contributed by atoms with van der Waals surface area (Å²) in [6.07, 6.45) is -3.56. The third-order valence-corrected chi connectivity index (χ3v) is 3.68. The first-order chi connectivity index (χ1) is 9.88. The second-order valence-electron chi connectivity index (χ2n) is 4.36. The van der Waals surface area contributed by atoms with Crippen LogP contribution in [0.3, 0.4) is 0 Å². The number of thioether (sulfide) groups is 1. The molecule has 0 radical (unpaired) electrons. The normalized spacial score (nSPS) is 11.5. The van der Waals surface area contributed by atoms with Crippen LogP contribution < -0.4 is 5.32 Å². The third kappa shape index (κ3) is 5.97. The fourth-order valence-electron chi connectivity index (χ4n) is 1.66. The molecule has 0 bridgehead atoms. The number of alkyl halides is 3. The van der Waals surface area contributed by atoms with Crippen molar-refractivity contribution in [2.24, 2.45) is 0 Å². The van der Waals surface area contributed by atoms with E-state index < -0.39 is 17.7 Å². The molecule has 1 N–H and O–H groups in total. The molecule has 0 aromatic heterocycles. The van der Waals surface area contributed by atoms with Gasteiger partial charge in [0.15, 0.2) is 0 Å². The number of hydrogen-bond acceptors (Lipinski definition) is 4. The minimum absolute atomic E-state index is 0.0127. The van der Waals surface area contributed by atoms with Gasteiger partial charge in [0.25, 0.3) is 0 Å². The van der Waals surface area contributed by atoms with Gasteiger partial charge in [0.1, 0.15) is 0 Å². The van der Waals surface area contributed by atoms with E-state index >= 15 is 0 Å². The summed E-state index contributed by atoms with van der Waals surface area (Å²) < 4.78 is 43.7. The third-order valence-electron chi connectivity index (χ3n) is 2.71. The maximum Gasteiger partial charge on any atom is 0.416 e. The monoisotopic (exact) mass is 321 g/mol. The summed E-state index contributed by atoms with van der Waals surface area (Å²) in [5.41, 5.74) is -0.459. The molecule has 0 unspecified atom stereocenters. The molecule has 118 valence electrons. The zero-order valence-electron chi connectivity index (χ0n) is 11.9. The van der Waals surface area contributed by atoms with Crippen LogP contribution in [0.25, 0.3) is 0 Å². The smallest absolute Gasteiger partial charge is 0.416 e. The van der Waals surface area contributed by atoms with Crippen LogP contribution in [0.5, 0.6) is 0 Å². The summed E-state index contributed by atoms with van der Waals surface area (Å²) in [5, 5.41) is 2.96. The molecule has 0 heterocycles. The van der Waals surface area contributed by atoms with Gasteiger partial charge in [0, 0.05) is 11.4 Å². The molecule has 0 saturated heterocycles. The van der Waals surface area contributed by atoms with Gasteiger partial charge in [-0.2, -0.15) is 13.2 Å². The van der Waals surface area contributed by atoms with Gasteiger partial charge in [-0.15, -0.1) is 11.8 Å². The lowest BCUT2D eigenvalue weighted by molar-refractivity contribution is -0.138. The Bertz CT molecular complexity index is 478. The average Bonchev–Trinajstić information content (AvgIpc) is 2.44. The van der Waals surface area contributed by atoms with Crippen molar-refractivity contribution in [3.05, 3.63) is 29.3 Å². The quantitative estimate of drug-likeness (QED) is 0.474. The Kier molecular flexibility index (Phi) is 7.04. The molecule has 0 saturated carbocycles. The van der Waals surface area contributed by atoms with Gasteiger partial charge >= 0.3 is 12.1 Å². The van der Waals surface area contributed by atoms with Crippen molar-refractivity contribution in [1.29, 1.82) is 0 Å². The van der Waals surface area contributed by atoms with Crippen LogP contribution in [0.1, 0.15) is 24.5 Å². The molecule has 7 heteroatoms. The number of carbonyl (C=O) groups is 1. The molecule has 0 amide bonds. The van der Waals surface area contributed by atoms with Crippen molar-refractivity contribution >= 4 is 17.7 Å². The molecular weight excluding hydrogens is 303 g/mol. The number of methoxy groups -OCH3 is 1. The molecular formula is C14H18F3NO2S. The SMILES string of the molecule is CCCNCc1ccc(SCC(=O)OC)cc1C(F)(F)F. The molecule has 1 rings (SSSR count). The highest BCUT2D eigenvalue weighted by Crippen LogP contribution is 2.34. The first-order valence-electron chi connectivity index (χ1n) is 6.49. The lowest BCUT2D eigenvalue weighted by Crippen LogP contribution is -2.18. The zero-order valence-corrected chi connectivity index (χ0v) is 12.7. The Morgan fingerprint density at radius 2 is 2.10 bits per heavy atom. The van der Waals surface area contributed by atoms with Crippen molar-refractivity contribution < 1.29 is 22.7 Å². The first-order valence-corrected chi connectivity index (χ1v) is 7.47. The van der Waals surface area contributed by atoms with E-state index in [-0.39, 0.29) is 17.9 Å². The predicted octanol–water partition coefficient (Wildman–Crippen LogP) is 3.47. The molecule has 0 atom stereocenters. The molecule has 21 heavy (non-hydrogen) atoms. The van der Waals surface area contributed by atoms with Gasteiger partial charge in [-0.3, -0.25) is 4.79 Å². The molecule has 1 aromatic carbocycles. The number of hydrogen-bond donors (Lipinski definition) is 1. The lowest BCUT2D eigenvalue weighted by Gasteiger charge is -2.15. The maximum absolute atomic E-state index is 13.1. The summed E-state index contributed by atoms with van der Waals surface area (Å²) in [7, 11) is 1.24. The number of rotatable bonds is 7. The summed E-state index contributed by atoms with van der Waals surface area (Å²) in [5.74, 6) is -0.483. The fourth-order valence-corrected chi connectivity index (χ4v) is 2.43. The predicted molar refractivity (Wildman–Crippen MR) is 76.2 cm³/mol. The van der Waals surface area contributed by atoms with E-state index in [0.717, 1.165) is 24.2 Å². The molecule has 3 nitrogen and oxygen atoms in total. The van der Waals surface area contributed by atoms with Crippen LogP contribution >= 0.6 is 11.8 Å².